The van der Waals surface area contributed by atoms with E-state index in [0.29, 0.717) is 16.7 Å². The first kappa shape index (κ1) is 9.95. The molecule has 1 unspecified atom stereocenters. The molecule has 1 rings (SSSR count). The third-order valence-electron chi connectivity index (χ3n) is 2.01. The minimum Gasteiger partial charge on any atom is -0.303 e. The molecule has 3 nitrogen and oxygen atoms in total. The second-order valence-electron chi connectivity index (χ2n) is 2.92. The number of rotatable bonds is 2. The number of aldehydes is 1. The van der Waals surface area contributed by atoms with Gasteiger partial charge in [0, 0.05) is 5.92 Å². The largest absolute Gasteiger partial charge is 0.303 e. The van der Waals surface area contributed by atoms with E-state index in [1.54, 1.807) is 25.1 Å². The van der Waals surface area contributed by atoms with Crippen LogP contribution in [0, 0.1) is 22.7 Å². The van der Waals surface area contributed by atoms with E-state index in [-0.39, 0.29) is 0 Å². The smallest absolute Gasteiger partial charge is 0.127 e. The van der Waals surface area contributed by atoms with Crippen LogP contribution in [0.25, 0.3) is 0 Å². The van der Waals surface area contributed by atoms with E-state index in [1.165, 1.54) is 0 Å². The molecule has 1 aromatic carbocycles. The molecule has 0 saturated heterocycles. The fourth-order valence-corrected chi connectivity index (χ4v) is 1.32. The Hall–Kier alpha value is -2.13. The molecule has 68 valence electrons. The molecule has 0 bridgehead atoms. The SMILES string of the molecule is CC(C=O)c1c(C#N)cccc1C#N. The van der Waals surface area contributed by atoms with Crippen LogP contribution in [0.2, 0.25) is 0 Å². The molecule has 0 amide bonds. The third kappa shape index (κ3) is 1.62. The monoisotopic (exact) mass is 184 g/mol. The van der Waals surface area contributed by atoms with Crippen LogP contribution in [0.3, 0.4) is 0 Å². The van der Waals surface area contributed by atoms with Crippen LogP contribution >= 0.6 is 0 Å². The molecule has 1 atom stereocenters. The van der Waals surface area contributed by atoms with Crippen molar-refractivity contribution < 1.29 is 4.79 Å². The highest BCUT2D eigenvalue weighted by atomic mass is 16.1. The molecule has 14 heavy (non-hydrogen) atoms. The number of hydrogen-bond acceptors (Lipinski definition) is 3. The predicted molar refractivity (Wildman–Crippen MR) is 50.4 cm³/mol. The minimum absolute atomic E-state index is 0.392. The van der Waals surface area contributed by atoms with E-state index < -0.39 is 5.92 Å². The summed E-state index contributed by atoms with van der Waals surface area (Å²) in [6, 6.07) is 8.80. The molecule has 0 saturated carbocycles. The standard InChI is InChI=1S/C11H8N2O/c1-8(7-14)11-9(5-12)3-2-4-10(11)6-13/h2-4,7-8H,1H3. The first-order valence-electron chi connectivity index (χ1n) is 4.13. The van der Waals surface area contributed by atoms with Gasteiger partial charge in [-0.05, 0) is 17.7 Å². The Morgan fingerprint density at radius 3 is 2.14 bits per heavy atom. The molecule has 3 heteroatoms. The van der Waals surface area contributed by atoms with Crippen LogP contribution in [-0.2, 0) is 4.79 Å². The summed E-state index contributed by atoms with van der Waals surface area (Å²) in [5.41, 5.74) is 1.31. The molecule has 1 aromatic rings. The van der Waals surface area contributed by atoms with E-state index >= 15 is 0 Å². The van der Waals surface area contributed by atoms with Crippen molar-refractivity contribution in [3.63, 3.8) is 0 Å². The Bertz CT molecular complexity index is 405. The van der Waals surface area contributed by atoms with Crippen molar-refractivity contribution in [3.05, 3.63) is 34.9 Å². The summed E-state index contributed by atoms with van der Waals surface area (Å²) < 4.78 is 0. The fraction of sp³-hybridized carbons (Fsp3) is 0.182. The van der Waals surface area contributed by atoms with Gasteiger partial charge in [-0.2, -0.15) is 10.5 Å². The van der Waals surface area contributed by atoms with Crippen molar-refractivity contribution in [2.24, 2.45) is 0 Å². The fourth-order valence-electron chi connectivity index (χ4n) is 1.32. The first-order chi connectivity index (χ1) is 6.74. The second kappa shape index (κ2) is 4.20. The lowest BCUT2D eigenvalue weighted by atomic mass is 9.93. The molecule has 0 spiro atoms. The molecular weight excluding hydrogens is 176 g/mol. The summed E-state index contributed by atoms with van der Waals surface area (Å²) in [5, 5.41) is 17.6. The first-order valence-corrected chi connectivity index (χ1v) is 4.13. The summed E-state index contributed by atoms with van der Waals surface area (Å²) in [6.07, 6.45) is 0.733. The van der Waals surface area contributed by atoms with Crippen LogP contribution in [0.4, 0.5) is 0 Å². The lowest BCUT2D eigenvalue weighted by Crippen LogP contribution is -2.01. The lowest BCUT2D eigenvalue weighted by Gasteiger charge is -2.07. The number of nitriles is 2. The number of nitrogens with zero attached hydrogens (tertiary/aromatic N) is 2. The zero-order chi connectivity index (χ0) is 10.6. The molecule has 0 aliphatic carbocycles. The molecule has 0 heterocycles. The number of benzene rings is 1. The highest BCUT2D eigenvalue weighted by Gasteiger charge is 2.13. The minimum atomic E-state index is -0.416. The van der Waals surface area contributed by atoms with E-state index in [0.717, 1.165) is 6.29 Å². The van der Waals surface area contributed by atoms with Crippen molar-refractivity contribution in [1.82, 2.24) is 0 Å². The number of carbonyl (C=O) groups excluding carboxylic acids is 1. The molecule has 0 N–H and O–H groups in total. The lowest BCUT2D eigenvalue weighted by molar-refractivity contribution is -0.108. The summed E-state index contributed by atoms with van der Waals surface area (Å²) in [6.45, 7) is 1.67. The Morgan fingerprint density at radius 1 is 1.29 bits per heavy atom. The van der Waals surface area contributed by atoms with Crippen molar-refractivity contribution in [2.75, 3.05) is 0 Å². The summed E-state index contributed by atoms with van der Waals surface area (Å²) in [7, 11) is 0. The van der Waals surface area contributed by atoms with Gasteiger partial charge in [0.2, 0.25) is 0 Å². The topological polar surface area (TPSA) is 64.7 Å². The third-order valence-corrected chi connectivity index (χ3v) is 2.01. The highest BCUT2D eigenvalue weighted by molar-refractivity contribution is 5.66. The Labute approximate surface area is 82.2 Å². The maximum absolute atomic E-state index is 10.6. The van der Waals surface area contributed by atoms with Crippen LogP contribution in [0.5, 0.6) is 0 Å². The zero-order valence-corrected chi connectivity index (χ0v) is 7.69. The van der Waals surface area contributed by atoms with Crippen molar-refractivity contribution in [2.45, 2.75) is 12.8 Å². The highest BCUT2D eigenvalue weighted by Crippen LogP contribution is 2.21. The van der Waals surface area contributed by atoms with Crippen molar-refractivity contribution in [1.29, 1.82) is 10.5 Å². The molecule has 0 aliphatic rings. The van der Waals surface area contributed by atoms with Crippen LogP contribution in [0.1, 0.15) is 29.5 Å². The summed E-state index contributed by atoms with van der Waals surface area (Å²) in [5.74, 6) is -0.416. The van der Waals surface area contributed by atoms with Gasteiger partial charge in [-0.3, -0.25) is 0 Å². The average Bonchev–Trinajstić information content (AvgIpc) is 2.26. The maximum atomic E-state index is 10.6. The molecular formula is C11H8N2O. The zero-order valence-electron chi connectivity index (χ0n) is 7.69. The van der Waals surface area contributed by atoms with Crippen molar-refractivity contribution >= 4 is 6.29 Å². The Kier molecular flexibility index (Phi) is 2.99. The number of carbonyl (C=O) groups is 1. The van der Waals surface area contributed by atoms with Gasteiger partial charge < -0.3 is 4.79 Å². The van der Waals surface area contributed by atoms with Gasteiger partial charge in [0.05, 0.1) is 23.3 Å². The Morgan fingerprint density at radius 2 is 1.79 bits per heavy atom. The molecule has 0 fully saturated rings. The molecule has 0 aromatic heterocycles. The van der Waals surface area contributed by atoms with Gasteiger partial charge in [-0.1, -0.05) is 13.0 Å². The maximum Gasteiger partial charge on any atom is 0.127 e. The van der Waals surface area contributed by atoms with E-state index in [9.17, 15) is 4.79 Å². The van der Waals surface area contributed by atoms with Gasteiger partial charge in [0.25, 0.3) is 0 Å². The van der Waals surface area contributed by atoms with Crippen LogP contribution < -0.4 is 0 Å². The van der Waals surface area contributed by atoms with Gasteiger partial charge in [0.1, 0.15) is 6.29 Å². The van der Waals surface area contributed by atoms with Crippen molar-refractivity contribution in [3.8, 4) is 12.1 Å². The molecule has 0 aliphatic heterocycles. The van der Waals surface area contributed by atoms with Gasteiger partial charge in [-0.15, -0.1) is 0 Å². The quantitative estimate of drug-likeness (QED) is 0.657. The van der Waals surface area contributed by atoms with E-state index in [2.05, 4.69) is 0 Å². The molecule has 0 radical (unpaired) electrons. The summed E-state index contributed by atoms with van der Waals surface area (Å²) >= 11 is 0. The van der Waals surface area contributed by atoms with E-state index in [4.69, 9.17) is 10.5 Å². The van der Waals surface area contributed by atoms with E-state index in [1.807, 2.05) is 12.1 Å². The second-order valence-corrected chi connectivity index (χ2v) is 2.92. The average molecular weight is 184 g/mol. The summed E-state index contributed by atoms with van der Waals surface area (Å²) in [4.78, 5) is 10.6. The van der Waals surface area contributed by atoms with Gasteiger partial charge >= 0.3 is 0 Å². The number of hydrogen-bond donors (Lipinski definition) is 0. The van der Waals surface area contributed by atoms with Gasteiger partial charge in [-0.25, -0.2) is 0 Å². The van der Waals surface area contributed by atoms with Crippen LogP contribution in [-0.4, -0.2) is 6.29 Å². The van der Waals surface area contributed by atoms with Crippen LogP contribution in [0.15, 0.2) is 18.2 Å². The van der Waals surface area contributed by atoms with Gasteiger partial charge in [0.15, 0.2) is 0 Å². The normalized spacial score (nSPS) is 11.1. The Balaban J connectivity index is 3.44. The predicted octanol–water partition coefficient (Wildman–Crippen LogP) is 1.73.